The van der Waals surface area contributed by atoms with Crippen molar-refractivity contribution in [2.45, 2.75) is 13.0 Å². The van der Waals surface area contributed by atoms with E-state index in [4.69, 9.17) is 4.52 Å². The number of hydrogen-bond acceptors (Lipinski definition) is 7. The standard InChI is InChI=1S/C20H21N5O3/c1-14(26)18-16(17(23-28-18)15-6-3-2-4-7-15)19(27)24-10-12-25(13-11-24)20-21-8-5-9-22-20/h2-9,14,26H,10-13H2,1H3/t14-/m0/s1. The number of benzene rings is 1. The van der Waals surface area contributed by atoms with E-state index in [2.05, 4.69) is 15.1 Å². The number of rotatable bonds is 4. The number of anilines is 1. The first kappa shape index (κ1) is 18.1. The number of aliphatic hydroxyl groups excluding tert-OH is 1. The Morgan fingerprint density at radius 1 is 1.07 bits per heavy atom. The zero-order valence-corrected chi connectivity index (χ0v) is 15.5. The summed E-state index contributed by atoms with van der Waals surface area (Å²) in [6.45, 7) is 3.87. The fourth-order valence-corrected chi connectivity index (χ4v) is 3.31. The molecule has 1 saturated heterocycles. The zero-order chi connectivity index (χ0) is 19.5. The van der Waals surface area contributed by atoms with Crippen molar-refractivity contribution in [3.63, 3.8) is 0 Å². The molecule has 1 aromatic carbocycles. The molecular formula is C20H21N5O3. The maximum Gasteiger partial charge on any atom is 0.259 e. The van der Waals surface area contributed by atoms with Gasteiger partial charge in [-0.25, -0.2) is 9.97 Å². The molecule has 8 nitrogen and oxygen atoms in total. The van der Waals surface area contributed by atoms with Crippen LogP contribution in [0.1, 0.15) is 29.1 Å². The van der Waals surface area contributed by atoms with Crippen molar-refractivity contribution >= 4 is 11.9 Å². The minimum absolute atomic E-state index is 0.190. The second kappa shape index (κ2) is 7.77. The van der Waals surface area contributed by atoms with Gasteiger partial charge in [0.15, 0.2) is 5.76 Å². The van der Waals surface area contributed by atoms with Crippen LogP contribution in [0, 0.1) is 0 Å². The van der Waals surface area contributed by atoms with Crippen molar-refractivity contribution in [1.82, 2.24) is 20.0 Å². The molecule has 1 N–H and O–H groups in total. The average Bonchev–Trinajstić information content (AvgIpc) is 3.20. The van der Waals surface area contributed by atoms with Crippen LogP contribution in [0.25, 0.3) is 11.3 Å². The van der Waals surface area contributed by atoms with Gasteiger partial charge in [0.1, 0.15) is 17.4 Å². The van der Waals surface area contributed by atoms with E-state index in [0.29, 0.717) is 43.4 Å². The molecule has 0 aliphatic carbocycles. The van der Waals surface area contributed by atoms with E-state index in [1.807, 2.05) is 35.2 Å². The van der Waals surface area contributed by atoms with Gasteiger partial charge in [-0.2, -0.15) is 0 Å². The highest BCUT2D eigenvalue weighted by Gasteiger charge is 2.31. The van der Waals surface area contributed by atoms with E-state index >= 15 is 0 Å². The number of piperazine rings is 1. The van der Waals surface area contributed by atoms with Crippen LogP contribution >= 0.6 is 0 Å². The lowest BCUT2D eigenvalue weighted by atomic mass is 10.0. The quantitative estimate of drug-likeness (QED) is 0.742. The van der Waals surface area contributed by atoms with Crippen molar-refractivity contribution in [2.75, 3.05) is 31.1 Å². The Bertz CT molecular complexity index is 935. The molecule has 144 valence electrons. The van der Waals surface area contributed by atoms with E-state index in [-0.39, 0.29) is 11.7 Å². The van der Waals surface area contributed by atoms with Gasteiger partial charge in [0.05, 0.1) is 0 Å². The maximum atomic E-state index is 13.3. The number of carbonyl (C=O) groups is 1. The third-order valence-electron chi connectivity index (χ3n) is 4.76. The minimum atomic E-state index is -0.928. The molecule has 1 amide bonds. The van der Waals surface area contributed by atoms with Gasteiger partial charge >= 0.3 is 0 Å². The van der Waals surface area contributed by atoms with Gasteiger partial charge in [0.25, 0.3) is 5.91 Å². The lowest BCUT2D eigenvalue weighted by Crippen LogP contribution is -2.49. The fraction of sp³-hybridized carbons (Fsp3) is 0.300. The molecule has 0 spiro atoms. The van der Waals surface area contributed by atoms with Crippen LogP contribution in [0.2, 0.25) is 0 Å². The molecule has 1 aliphatic heterocycles. The lowest BCUT2D eigenvalue weighted by molar-refractivity contribution is 0.0735. The van der Waals surface area contributed by atoms with E-state index in [1.165, 1.54) is 0 Å². The van der Waals surface area contributed by atoms with Gasteiger partial charge in [0.2, 0.25) is 5.95 Å². The summed E-state index contributed by atoms with van der Waals surface area (Å²) in [7, 11) is 0. The van der Waals surface area contributed by atoms with Crippen LogP contribution in [0.4, 0.5) is 5.95 Å². The summed E-state index contributed by atoms with van der Waals surface area (Å²) in [5, 5.41) is 14.1. The summed E-state index contributed by atoms with van der Waals surface area (Å²) in [6, 6.07) is 11.2. The molecule has 2 aromatic heterocycles. The highest BCUT2D eigenvalue weighted by atomic mass is 16.5. The normalized spacial score (nSPS) is 15.5. The molecule has 3 aromatic rings. The molecule has 0 radical (unpaired) electrons. The summed E-state index contributed by atoms with van der Waals surface area (Å²) in [5.41, 5.74) is 1.55. The van der Waals surface area contributed by atoms with Crippen molar-refractivity contribution < 1.29 is 14.4 Å². The fourth-order valence-electron chi connectivity index (χ4n) is 3.31. The van der Waals surface area contributed by atoms with E-state index in [0.717, 1.165) is 5.56 Å². The molecule has 0 bridgehead atoms. The SMILES string of the molecule is C[C@H](O)c1onc(-c2ccccc2)c1C(=O)N1CCN(c2ncccn2)CC1. The lowest BCUT2D eigenvalue weighted by Gasteiger charge is -2.34. The van der Waals surface area contributed by atoms with Gasteiger partial charge in [0, 0.05) is 44.1 Å². The first-order chi connectivity index (χ1) is 13.6. The first-order valence-corrected chi connectivity index (χ1v) is 9.19. The Labute approximate surface area is 162 Å². The number of hydrogen-bond donors (Lipinski definition) is 1. The van der Waals surface area contributed by atoms with Gasteiger partial charge in [-0.05, 0) is 13.0 Å². The van der Waals surface area contributed by atoms with Crippen molar-refractivity contribution in [1.29, 1.82) is 0 Å². The molecule has 28 heavy (non-hydrogen) atoms. The molecule has 4 rings (SSSR count). The smallest absolute Gasteiger partial charge is 0.259 e. The Balaban J connectivity index is 1.58. The molecule has 3 heterocycles. The van der Waals surface area contributed by atoms with Gasteiger partial charge in [-0.3, -0.25) is 4.79 Å². The van der Waals surface area contributed by atoms with Gasteiger partial charge < -0.3 is 19.4 Å². The van der Waals surface area contributed by atoms with Crippen molar-refractivity contribution in [3.8, 4) is 11.3 Å². The molecule has 1 atom stereocenters. The summed E-state index contributed by atoms with van der Waals surface area (Å²) in [6.07, 6.45) is 2.48. The minimum Gasteiger partial charge on any atom is -0.385 e. The molecule has 1 fully saturated rings. The first-order valence-electron chi connectivity index (χ1n) is 9.19. The zero-order valence-electron chi connectivity index (χ0n) is 15.5. The third-order valence-corrected chi connectivity index (χ3v) is 4.76. The van der Waals surface area contributed by atoms with E-state index in [9.17, 15) is 9.90 Å². The Morgan fingerprint density at radius 3 is 2.39 bits per heavy atom. The molecule has 1 aliphatic rings. The van der Waals surface area contributed by atoms with Crippen LogP contribution in [0.15, 0.2) is 53.3 Å². The highest BCUT2D eigenvalue weighted by molar-refractivity contribution is 6.01. The monoisotopic (exact) mass is 379 g/mol. The van der Waals surface area contributed by atoms with Gasteiger partial charge in [-0.1, -0.05) is 35.5 Å². The predicted molar refractivity (Wildman–Crippen MR) is 103 cm³/mol. The topological polar surface area (TPSA) is 95.6 Å². The van der Waals surface area contributed by atoms with Crippen LogP contribution in [0.3, 0.4) is 0 Å². The largest absolute Gasteiger partial charge is 0.385 e. The summed E-state index contributed by atoms with van der Waals surface area (Å²) < 4.78 is 5.34. The van der Waals surface area contributed by atoms with Gasteiger partial charge in [-0.15, -0.1) is 0 Å². The van der Waals surface area contributed by atoms with Crippen molar-refractivity contribution in [3.05, 3.63) is 60.1 Å². The maximum absolute atomic E-state index is 13.3. The van der Waals surface area contributed by atoms with Crippen LogP contribution < -0.4 is 4.90 Å². The number of amides is 1. The summed E-state index contributed by atoms with van der Waals surface area (Å²) in [4.78, 5) is 25.6. The van der Waals surface area contributed by atoms with Crippen LogP contribution in [-0.2, 0) is 0 Å². The van der Waals surface area contributed by atoms with Crippen molar-refractivity contribution in [2.24, 2.45) is 0 Å². The molecule has 0 saturated carbocycles. The predicted octanol–water partition coefficient (Wildman–Crippen LogP) is 2.15. The van der Waals surface area contributed by atoms with E-state index in [1.54, 1.807) is 30.3 Å². The third kappa shape index (κ3) is 3.46. The average molecular weight is 379 g/mol. The van der Waals surface area contributed by atoms with Crippen LogP contribution in [-0.4, -0.2) is 57.2 Å². The second-order valence-electron chi connectivity index (χ2n) is 6.64. The Hall–Kier alpha value is -3.26. The second-order valence-corrected chi connectivity index (χ2v) is 6.64. The number of nitrogens with zero attached hydrogens (tertiary/aromatic N) is 5. The number of aliphatic hydroxyl groups is 1. The summed E-state index contributed by atoms with van der Waals surface area (Å²) in [5.74, 6) is 0.663. The molecular weight excluding hydrogens is 358 g/mol. The van der Waals surface area contributed by atoms with Crippen LogP contribution in [0.5, 0.6) is 0 Å². The number of carbonyl (C=O) groups excluding carboxylic acids is 1. The Kier molecular flexibility index (Phi) is 5.03. The molecule has 8 heteroatoms. The Morgan fingerprint density at radius 2 is 1.75 bits per heavy atom. The highest BCUT2D eigenvalue weighted by Crippen LogP contribution is 2.30. The number of aromatic nitrogens is 3. The summed E-state index contributed by atoms with van der Waals surface area (Å²) >= 11 is 0. The molecule has 0 unspecified atom stereocenters. The van der Waals surface area contributed by atoms with E-state index < -0.39 is 6.10 Å².